The van der Waals surface area contributed by atoms with Crippen molar-refractivity contribution in [1.82, 2.24) is 5.32 Å². The van der Waals surface area contributed by atoms with Crippen LogP contribution in [0.2, 0.25) is 5.02 Å². The van der Waals surface area contributed by atoms with E-state index in [4.69, 9.17) is 16.3 Å². The zero-order valence-electron chi connectivity index (χ0n) is 15.2. The summed E-state index contributed by atoms with van der Waals surface area (Å²) in [5.74, 6) is -1.66. The molecule has 0 aliphatic rings. The van der Waals surface area contributed by atoms with Gasteiger partial charge in [-0.3, -0.25) is 9.59 Å². The van der Waals surface area contributed by atoms with Gasteiger partial charge in [0, 0.05) is 10.7 Å². The van der Waals surface area contributed by atoms with Gasteiger partial charge in [0.25, 0.3) is 11.8 Å². The Labute approximate surface area is 166 Å². The van der Waals surface area contributed by atoms with Crippen LogP contribution < -0.4 is 10.6 Å². The van der Waals surface area contributed by atoms with E-state index in [0.29, 0.717) is 15.6 Å². The molecule has 27 heavy (non-hydrogen) atoms. The smallest absolute Gasteiger partial charge is 0.329 e. The van der Waals surface area contributed by atoms with Crippen LogP contribution in [-0.4, -0.2) is 30.4 Å². The lowest BCUT2D eigenvalue weighted by molar-refractivity contribution is -0.150. The van der Waals surface area contributed by atoms with Crippen molar-refractivity contribution >= 4 is 46.4 Å². The van der Waals surface area contributed by atoms with Gasteiger partial charge in [0.1, 0.15) is 6.04 Å². The van der Waals surface area contributed by atoms with E-state index in [1.165, 1.54) is 11.3 Å². The van der Waals surface area contributed by atoms with Gasteiger partial charge >= 0.3 is 5.97 Å². The van der Waals surface area contributed by atoms with Gasteiger partial charge in [0.05, 0.1) is 4.88 Å². The maximum atomic E-state index is 12.3. The fourth-order valence-corrected chi connectivity index (χ4v) is 3.15. The van der Waals surface area contributed by atoms with Gasteiger partial charge in [-0.05, 0) is 48.1 Å². The molecule has 0 fully saturated rings. The van der Waals surface area contributed by atoms with Crippen LogP contribution in [0.25, 0.3) is 0 Å². The van der Waals surface area contributed by atoms with Crippen LogP contribution in [0.5, 0.6) is 0 Å². The number of esters is 1. The van der Waals surface area contributed by atoms with Crippen molar-refractivity contribution in [3.05, 3.63) is 51.2 Å². The van der Waals surface area contributed by atoms with Crippen LogP contribution in [0.4, 0.5) is 5.69 Å². The molecule has 2 aromatic rings. The summed E-state index contributed by atoms with van der Waals surface area (Å²) in [5, 5.41) is 7.67. The van der Waals surface area contributed by atoms with Crippen LogP contribution in [0.1, 0.15) is 29.1 Å². The molecule has 0 aliphatic carbocycles. The van der Waals surface area contributed by atoms with Crippen molar-refractivity contribution in [3.63, 3.8) is 0 Å². The summed E-state index contributed by atoms with van der Waals surface area (Å²) in [7, 11) is 0. The van der Waals surface area contributed by atoms with Crippen LogP contribution in [0.3, 0.4) is 0 Å². The number of hydrogen-bond acceptors (Lipinski definition) is 5. The average molecular weight is 409 g/mol. The van der Waals surface area contributed by atoms with E-state index in [1.54, 1.807) is 49.6 Å². The van der Waals surface area contributed by atoms with Crippen molar-refractivity contribution < 1.29 is 19.1 Å². The second-order valence-corrected chi connectivity index (χ2v) is 7.67. The fourth-order valence-electron chi connectivity index (χ4n) is 2.30. The summed E-state index contributed by atoms with van der Waals surface area (Å²) in [4.78, 5) is 37.1. The predicted molar refractivity (Wildman–Crippen MR) is 106 cm³/mol. The summed E-state index contributed by atoms with van der Waals surface area (Å²) in [6, 6.07) is 7.64. The molecule has 0 bridgehead atoms. The van der Waals surface area contributed by atoms with Gasteiger partial charge in [-0.15, -0.1) is 11.3 Å². The predicted octanol–water partition coefficient (Wildman–Crippen LogP) is 3.65. The molecule has 144 valence electrons. The summed E-state index contributed by atoms with van der Waals surface area (Å²) in [6.07, 6.45) is 0. The largest absolute Gasteiger partial charge is 0.454 e. The molecule has 0 saturated heterocycles. The first-order valence-electron chi connectivity index (χ1n) is 8.35. The number of rotatable bonds is 7. The van der Waals surface area contributed by atoms with Crippen LogP contribution in [0.15, 0.2) is 35.7 Å². The SMILES string of the molecule is Cc1cc(Cl)ccc1NC(=O)COC(=O)[C@H](NC(=O)c1cccs1)C(C)C. The van der Waals surface area contributed by atoms with Gasteiger partial charge < -0.3 is 15.4 Å². The number of ether oxygens (including phenoxy) is 1. The molecule has 2 amide bonds. The van der Waals surface area contributed by atoms with Gasteiger partial charge in [-0.2, -0.15) is 0 Å². The van der Waals surface area contributed by atoms with Crippen molar-refractivity contribution in [2.75, 3.05) is 11.9 Å². The molecule has 0 spiro atoms. The Morgan fingerprint density at radius 3 is 2.56 bits per heavy atom. The third-order valence-corrected chi connectivity index (χ3v) is 4.86. The Kier molecular flexibility index (Phi) is 7.38. The molecule has 0 unspecified atom stereocenters. The number of anilines is 1. The van der Waals surface area contributed by atoms with E-state index < -0.39 is 24.5 Å². The molecule has 1 aromatic heterocycles. The monoisotopic (exact) mass is 408 g/mol. The van der Waals surface area contributed by atoms with Crippen molar-refractivity contribution in [1.29, 1.82) is 0 Å². The topological polar surface area (TPSA) is 84.5 Å². The molecule has 0 saturated carbocycles. The highest BCUT2D eigenvalue weighted by Gasteiger charge is 2.27. The second kappa shape index (κ2) is 9.53. The van der Waals surface area contributed by atoms with E-state index >= 15 is 0 Å². The number of carbonyl (C=O) groups is 3. The number of carbonyl (C=O) groups excluding carboxylic acids is 3. The van der Waals surface area contributed by atoms with Crippen LogP contribution in [-0.2, 0) is 14.3 Å². The van der Waals surface area contributed by atoms with Gasteiger partial charge in [-0.25, -0.2) is 4.79 Å². The Bertz CT molecular complexity index is 821. The number of aryl methyl sites for hydroxylation is 1. The summed E-state index contributed by atoms with van der Waals surface area (Å²) in [5.41, 5.74) is 1.39. The molecule has 1 aromatic carbocycles. The zero-order valence-corrected chi connectivity index (χ0v) is 16.8. The molecular formula is C19H21ClN2O4S. The molecule has 1 heterocycles. The van der Waals surface area contributed by atoms with Crippen molar-refractivity contribution in [2.45, 2.75) is 26.8 Å². The maximum absolute atomic E-state index is 12.3. The molecule has 0 radical (unpaired) electrons. The molecule has 1 atom stereocenters. The third kappa shape index (κ3) is 6.08. The fraction of sp³-hybridized carbons (Fsp3) is 0.316. The number of thiophene rings is 1. The first-order valence-corrected chi connectivity index (χ1v) is 9.60. The van der Waals surface area contributed by atoms with Gasteiger partial charge in [0.2, 0.25) is 0 Å². The van der Waals surface area contributed by atoms with Gasteiger partial charge in [-0.1, -0.05) is 31.5 Å². The Balaban J connectivity index is 1.91. The average Bonchev–Trinajstić information content (AvgIpc) is 3.14. The van der Waals surface area contributed by atoms with E-state index in [1.807, 2.05) is 6.92 Å². The lowest BCUT2D eigenvalue weighted by atomic mass is 10.0. The molecule has 0 aliphatic heterocycles. The van der Waals surface area contributed by atoms with E-state index in [9.17, 15) is 14.4 Å². The minimum absolute atomic E-state index is 0.192. The number of benzene rings is 1. The van der Waals surface area contributed by atoms with E-state index in [-0.39, 0.29) is 11.8 Å². The third-order valence-electron chi connectivity index (χ3n) is 3.76. The molecular weight excluding hydrogens is 388 g/mol. The van der Waals surface area contributed by atoms with E-state index in [2.05, 4.69) is 10.6 Å². The minimum atomic E-state index is -0.843. The van der Waals surface area contributed by atoms with E-state index in [0.717, 1.165) is 5.56 Å². The number of amides is 2. The van der Waals surface area contributed by atoms with Crippen LogP contribution in [0, 0.1) is 12.8 Å². The molecule has 2 rings (SSSR count). The number of hydrogen-bond donors (Lipinski definition) is 2. The highest BCUT2D eigenvalue weighted by atomic mass is 35.5. The Morgan fingerprint density at radius 1 is 1.22 bits per heavy atom. The highest BCUT2D eigenvalue weighted by molar-refractivity contribution is 7.12. The molecule has 8 heteroatoms. The standard InChI is InChI=1S/C19H21ClN2O4S/c1-11(2)17(22-18(24)15-5-4-8-27-15)19(25)26-10-16(23)21-14-7-6-13(20)9-12(14)3/h4-9,11,17H,10H2,1-3H3,(H,21,23)(H,22,24)/t17-/m1/s1. The second-order valence-electron chi connectivity index (χ2n) is 6.29. The Hall–Kier alpha value is -2.38. The first-order chi connectivity index (χ1) is 12.8. The number of nitrogens with one attached hydrogen (secondary N) is 2. The lowest BCUT2D eigenvalue weighted by Gasteiger charge is -2.20. The minimum Gasteiger partial charge on any atom is -0.454 e. The summed E-state index contributed by atoms with van der Waals surface area (Å²) >= 11 is 7.16. The molecule has 6 nitrogen and oxygen atoms in total. The summed E-state index contributed by atoms with van der Waals surface area (Å²) in [6.45, 7) is 4.94. The highest BCUT2D eigenvalue weighted by Crippen LogP contribution is 2.19. The zero-order chi connectivity index (χ0) is 20.0. The lowest BCUT2D eigenvalue weighted by Crippen LogP contribution is -2.45. The summed E-state index contributed by atoms with van der Waals surface area (Å²) < 4.78 is 5.09. The quantitative estimate of drug-likeness (QED) is 0.685. The van der Waals surface area contributed by atoms with Crippen molar-refractivity contribution in [3.8, 4) is 0 Å². The number of halogens is 1. The first kappa shape index (κ1) is 20.9. The van der Waals surface area contributed by atoms with Crippen LogP contribution >= 0.6 is 22.9 Å². The maximum Gasteiger partial charge on any atom is 0.329 e. The Morgan fingerprint density at radius 2 is 1.96 bits per heavy atom. The molecule has 2 N–H and O–H groups in total. The normalized spacial score (nSPS) is 11.7. The van der Waals surface area contributed by atoms with Crippen molar-refractivity contribution in [2.24, 2.45) is 5.92 Å². The van der Waals surface area contributed by atoms with Gasteiger partial charge in [0.15, 0.2) is 6.61 Å².